The van der Waals surface area contributed by atoms with Crippen molar-refractivity contribution >= 4 is 36.5 Å². The standard InChI is InChI=1S/C29H37F2N4O7P/c1-4-40-43(38,41-5-2)42-16-9-8-14-24(35(3)28(36)33-19-23-13-10-15-25(30)27(23)31)20-39-29(37)34-26-17-21-11-6-7-12-22(21)18-32-26/h6-7,10-13,15,17-18,24H,4-5,8-9,14,16,19-20H2,1-3H3,(H,33,36)(H,32,34,37)/t24-/m0/s1. The lowest BCUT2D eigenvalue weighted by Crippen LogP contribution is -2.46. The van der Waals surface area contributed by atoms with E-state index in [1.807, 2.05) is 24.3 Å². The molecule has 0 saturated carbocycles. The molecule has 11 nitrogen and oxygen atoms in total. The number of fused-ring (bicyclic) bond motifs is 1. The molecule has 0 unspecified atom stereocenters. The van der Waals surface area contributed by atoms with E-state index < -0.39 is 37.6 Å². The molecule has 0 aliphatic carbocycles. The summed E-state index contributed by atoms with van der Waals surface area (Å²) in [5, 5.41) is 6.94. The molecule has 14 heteroatoms. The first-order chi connectivity index (χ1) is 20.7. The zero-order valence-corrected chi connectivity index (χ0v) is 25.3. The van der Waals surface area contributed by atoms with Crippen LogP contribution in [0.25, 0.3) is 10.8 Å². The van der Waals surface area contributed by atoms with Crippen molar-refractivity contribution < 1.29 is 41.2 Å². The maximum atomic E-state index is 14.0. The third kappa shape index (κ3) is 10.5. The van der Waals surface area contributed by atoms with E-state index in [4.69, 9.17) is 18.3 Å². The van der Waals surface area contributed by atoms with Crippen molar-refractivity contribution in [2.24, 2.45) is 0 Å². The van der Waals surface area contributed by atoms with E-state index in [9.17, 15) is 22.9 Å². The van der Waals surface area contributed by atoms with Crippen LogP contribution < -0.4 is 10.6 Å². The second-order valence-corrected chi connectivity index (χ2v) is 11.1. The Hall–Kier alpha value is -3.64. The Morgan fingerprint density at radius 1 is 1.00 bits per heavy atom. The topological polar surface area (TPSA) is 128 Å². The molecule has 3 aromatic rings. The second-order valence-electron chi connectivity index (χ2n) is 9.39. The summed E-state index contributed by atoms with van der Waals surface area (Å²) in [6.07, 6.45) is 2.18. The van der Waals surface area contributed by atoms with Crippen LogP contribution in [0.1, 0.15) is 38.7 Å². The van der Waals surface area contributed by atoms with Gasteiger partial charge in [0.15, 0.2) is 11.6 Å². The van der Waals surface area contributed by atoms with Gasteiger partial charge in [-0.25, -0.2) is 27.9 Å². The Kier molecular flexibility index (Phi) is 13.3. The van der Waals surface area contributed by atoms with Crippen LogP contribution in [0.15, 0.2) is 54.7 Å². The van der Waals surface area contributed by atoms with Crippen molar-refractivity contribution in [2.75, 3.05) is 38.8 Å². The molecule has 1 aromatic heterocycles. The van der Waals surface area contributed by atoms with Crippen LogP contribution in [0.2, 0.25) is 0 Å². The zero-order chi connectivity index (χ0) is 31.2. The Morgan fingerprint density at radius 3 is 2.44 bits per heavy atom. The minimum Gasteiger partial charge on any atom is -0.447 e. The number of carbonyl (C=O) groups is 2. The van der Waals surface area contributed by atoms with Crippen LogP contribution in [-0.2, 0) is 29.4 Å². The summed E-state index contributed by atoms with van der Waals surface area (Å²) < 4.78 is 61.1. The summed E-state index contributed by atoms with van der Waals surface area (Å²) in [6.45, 7) is 3.33. The van der Waals surface area contributed by atoms with E-state index >= 15 is 0 Å². The number of benzene rings is 2. The summed E-state index contributed by atoms with van der Waals surface area (Å²) in [5.41, 5.74) is -0.0120. The van der Waals surface area contributed by atoms with Crippen molar-refractivity contribution in [2.45, 2.75) is 45.7 Å². The number of halogens is 2. The molecule has 2 aromatic carbocycles. The summed E-state index contributed by atoms with van der Waals surface area (Å²) in [7, 11) is -2.15. The van der Waals surface area contributed by atoms with E-state index in [0.29, 0.717) is 25.1 Å². The number of hydrogen-bond acceptors (Lipinski definition) is 8. The van der Waals surface area contributed by atoms with E-state index in [0.717, 1.165) is 16.8 Å². The first-order valence-electron chi connectivity index (χ1n) is 13.9. The van der Waals surface area contributed by atoms with Crippen molar-refractivity contribution in [3.8, 4) is 0 Å². The minimum atomic E-state index is -3.65. The van der Waals surface area contributed by atoms with Gasteiger partial charge in [0, 0.05) is 30.7 Å². The predicted octanol–water partition coefficient (Wildman–Crippen LogP) is 6.64. The number of aromatic nitrogens is 1. The van der Waals surface area contributed by atoms with E-state index in [1.165, 1.54) is 24.1 Å². The van der Waals surface area contributed by atoms with Crippen LogP contribution in [0.3, 0.4) is 0 Å². The molecule has 0 fully saturated rings. The molecule has 1 heterocycles. The number of phosphoric acid groups is 1. The molecule has 0 aliphatic rings. The number of anilines is 1. The summed E-state index contributed by atoms with van der Waals surface area (Å²) in [6, 6.07) is 11.8. The monoisotopic (exact) mass is 622 g/mol. The van der Waals surface area contributed by atoms with Gasteiger partial charge in [-0.1, -0.05) is 36.4 Å². The van der Waals surface area contributed by atoms with Crippen molar-refractivity contribution in [3.05, 3.63) is 71.9 Å². The number of phosphoric ester groups is 1. The van der Waals surface area contributed by atoms with Gasteiger partial charge in [-0.2, -0.15) is 0 Å². The van der Waals surface area contributed by atoms with Crippen LogP contribution in [0, 0.1) is 11.6 Å². The van der Waals surface area contributed by atoms with E-state index in [1.54, 1.807) is 26.1 Å². The van der Waals surface area contributed by atoms with E-state index in [2.05, 4.69) is 15.6 Å². The number of carbonyl (C=O) groups excluding carboxylic acids is 2. The summed E-state index contributed by atoms with van der Waals surface area (Å²) in [4.78, 5) is 31.0. The maximum absolute atomic E-state index is 14.0. The van der Waals surface area contributed by atoms with Gasteiger partial charge in [-0.15, -0.1) is 0 Å². The van der Waals surface area contributed by atoms with E-state index in [-0.39, 0.29) is 38.5 Å². The number of rotatable bonds is 16. The number of nitrogens with zero attached hydrogens (tertiary/aromatic N) is 2. The predicted molar refractivity (Wildman–Crippen MR) is 158 cm³/mol. The van der Waals surface area contributed by atoms with Crippen molar-refractivity contribution in [1.29, 1.82) is 0 Å². The Balaban J connectivity index is 1.59. The molecule has 3 amide bonds. The molecule has 0 bridgehead atoms. The minimum absolute atomic E-state index is 0.0120. The number of hydrogen-bond donors (Lipinski definition) is 2. The Bertz CT molecular complexity index is 1400. The molecule has 2 N–H and O–H groups in total. The molecular weight excluding hydrogens is 585 g/mol. The lowest BCUT2D eigenvalue weighted by molar-refractivity contribution is 0.107. The number of nitrogens with one attached hydrogen (secondary N) is 2. The van der Waals surface area contributed by atoms with Gasteiger partial charge in [-0.3, -0.25) is 18.9 Å². The highest BCUT2D eigenvalue weighted by Gasteiger charge is 2.26. The van der Waals surface area contributed by atoms with Crippen LogP contribution in [-0.4, -0.2) is 61.5 Å². The number of amides is 3. The highest BCUT2D eigenvalue weighted by atomic mass is 31.2. The van der Waals surface area contributed by atoms with Crippen molar-refractivity contribution in [3.63, 3.8) is 0 Å². The lowest BCUT2D eigenvalue weighted by Gasteiger charge is -2.28. The smallest absolute Gasteiger partial charge is 0.447 e. The molecular formula is C29H37F2N4O7P. The summed E-state index contributed by atoms with van der Waals surface area (Å²) in [5.74, 6) is -1.76. The van der Waals surface area contributed by atoms with Gasteiger partial charge in [-0.05, 0) is 50.6 Å². The van der Waals surface area contributed by atoms with Crippen LogP contribution >= 0.6 is 7.82 Å². The first-order valence-corrected chi connectivity index (χ1v) is 15.4. The second kappa shape index (κ2) is 16.9. The highest BCUT2D eigenvalue weighted by molar-refractivity contribution is 7.48. The number of likely N-dealkylation sites (N-methyl/N-ethyl adjacent to an activating group) is 1. The lowest BCUT2D eigenvalue weighted by atomic mass is 10.1. The Labute approximate surface area is 249 Å². The molecule has 1 atom stereocenters. The molecule has 43 heavy (non-hydrogen) atoms. The molecule has 0 aliphatic heterocycles. The molecule has 0 saturated heterocycles. The fraction of sp³-hybridized carbons (Fsp3) is 0.414. The van der Waals surface area contributed by atoms with Gasteiger partial charge >= 0.3 is 19.9 Å². The normalized spacial score (nSPS) is 12.1. The maximum Gasteiger partial charge on any atom is 0.474 e. The SMILES string of the molecule is CCOP(=O)(OCC)OCCCC[C@@H](COC(=O)Nc1cc2ccccc2cn1)N(C)C(=O)NCc1cccc(F)c1F. The summed E-state index contributed by atoms with van der Waals surface area (Å²) >= 11 is 0. The van der Waals surface area contributed by atoms with Gasteiger partial charge in [0.1, 0.15) is 12.4 Å². The van der Waals surface area contributed by atoms with Crippen molar-refractivity contribution in [1.82, 2.24) is 15.2 Å². The average molecular weight is 623 g/mol. The third-order valence-corrected chi connectivity index (χ3v) is 8.00. The number of pyridine rings is 1. The fourth-order valence-electron chi connectivity index (χ4n) is 4.09. The fourth-order valence-corrected chi connectivity index (χ4v) is 5.29. The Morgan fingerprint density at radius 2 is 1.72 bits per heavy atom. The number of ether oxygens (including phenoxy) is 1. The zero-order valence-electron chi connectivity index (χ0n) is 24.4. The average Bonchev–Trinajstić information content (AvgIpc) is 2.99. The molecule has 234 valence electrons. The van der Waals surface area contributed by atoms with Gasteiger partial charge in [0.25, 0.3) is 0 Å². The first kappa shape index (κ1) is 33.9. The molecule has 3 rings (SSSR count). The number of unbranched alkanes of at least 4 members (excludes halogenated alkanes) is 1. The molecule has 0 radical (unpaired) electrons. The van der Waals surface area contributed by atoms with Gasteiger partial charge < -0.3 is 15.0 Å². The largest absolute Gasteiger partial charge is 0.474 e. The number of urea groups is 1. The van der Waals surface area contributed by atoms with Gasteiger partial charge in [0.2, 0.25) is 0 Å². The van der Waals surface area contributed by atoms with Crippen LogP contribution in [0.5, 0.6) is 0 Å². The third-order valence-electron chi connectivity index (χ3n) is 6.35. The molecule has 0 spiro atoms. The highest BCUT2D eigenvalue weighted by Crippen LogP contribution is 2.49. The quantitative estimate of drug-likeness (QED) is 0.134. The van der Waals surface area contributed by atoms with Crippen LogP contribution in [0.4, 0.5) is 24.2 Å². The van der Waals surface area contributed by atoms with Gasteiger partial charge in [0.05, 0.1) is 25.9 Å².